The highest BCUT2D eigenvalue weighted by molar-refractivity contribution is 5.94. The number of fused-ring (bicyclic) bond motifs is 1. The molecule has 1 saturated heterocycles. The molecule has 1 fully saturated rings. The minimum atomic E-state index is 0.0945. The number of carbonyl (C=O) groups is 1. The number of nitrogens with zero attached hydrogens (tertiary/aromatic N) is 4. The normalized spacial score (nSPS) is 22.0. The van der Waals surface area contributed by atoms with Crippen molar-refractivity contribution >= 4 is 5.91 Å². The van der Waals surface area contributed by atoms with Crippen LogP contribution in [0.25, 0.3) is 0 Å². The van der Waals surface area contributed by atoms with Crippen LogP contribution in [-0.4, -0.2) is 45.4 Å². The fourth-order valence-electron chi connectivity index (χ4n) is 4.42. The van der Waals surface area contributed by atoms with Gasteiger partial charge in [-0.05, 0) is 36.6 Å². The molecule has 152 valence electrons. The Kier molecular flexibility index (Phi) is 5.67. The first-order valence-corrected chi connectivity index (χ1v) is 10.6. The van der Waals surface area contributed by atoms with Gasteiger partial charge in [0, 0.05) is 32.5 Å². The first kappa shape index (κ1) is 19.6. The average molecular weight is 391 g/mol. The molecule has 0 aliphatic carbocycles. The molecule has 0 N–H and O–H groups in total. The Morgan fingerprint density at radius 1 is 1.17 bits per heavy atom. The van der Waals surface area contributed by atoms with E-state index >= 15 is 0 Å². The van der Waals surface area contributed by atoms with Gasteiger partial charge >= 0.3 is 0 Å². The second kappa shape index (κ2) is 8.37. The standard InChI is InChI=1S/C24H30N4O/c1-4-5-8-21-17-27(16-19-7-6-13-25-15-19)24(29)23-14-22(26(3)28(21)23)20-11-9-18(2)10-12-20/h6-7,9-15,21-22H,4-5,8,16-17H2,1-3H3. The average Bonchev–Trinajstić information content (AvgIpc) is 3.08. The lowest BCUT2D eigenvalue weighted by Crippen LogP contribution is -2.56. The minimum Gasteiger partial charge on any atom is -0.331 e. The zero-order valence-electron chi connectivity index (χ0n) is 17.6. The van der Waals surface area contributed by atoms with E-state index in [1.807, 2.05) is 23.2 Å². The summed E-state index contributed by atoms with van der Waals surface area (Å²) >= 11 is 0. The number of carbonyl (C=O) groups excluding carboxylic acids is 1. The Morgan fingerprint density at radius 3 is 2.66 bits per heavy atom. The van der Waals surface area contributed by atoms with Gasteiger partial charge in [0.2, 0.25) is 0 Å². The third-order valence-corrected chi connectivity index (χ3v) is 5.99. The minimum absolute atomic E-state index is 0.0945. The first-order valence-electron chi connectivity index (χ1n) is 10.6. The summed E-state index contributed by atoms with van der Waals surface area (Å²) in [7, 11) is 2.11. The predicted octanol–water partition coefficient (Wildman–Crippen LogP) is 4.08. The molecule has 29 heavy (non-hydrogen) atoms. The second-order valence-corrected chi connectivity index (χ2v) is 8.17. The molecule has 4 rings (SSSR count). The number of aromatic nitrogens is 1. The van der Waals surface area contributed by atoms with Gasteiger partial charge in [-0.1, -0.05) is 55.7 Å². The highest BCUT2D eigenvalue weighted by Gasteiger charge is 2.43. The Bertz CT molecular complexity index is 878. The number of unbranched alkanes of at least 4 members (excludes halogenated alkanes) is 1. The summed E-state index contributed by atoms with van der Waals surface area (Å²) in [4.78, 5) is 19.6. The smallest absolute Gasteiger partial charge is 0.271 e. The van der Waals surface area contributed by atoms with Gasteiger partial charge in [0.1, 0.15) is 5.70 Å². The van der Waals surface area contributed by atoms with Crippen LogP contribution in [0.15, 0.2) is 60.6 Å². The molecule has 0 bridgehead atoms. The quantitative estimate of drug-likeness (QED) is 0.745. The maximum absolute atomic E-state index is 13.4. The van der Waals surface area contributed by atoms with E-state index in [4.69, 9.17) is 0 Å². The molecule has 0 spiro atoms. The van der Waals surface area contributed by atoms with E-state index in [0.717, 1.165) is 37.1 Å². The Balaban J connectivity index is 1.63. The lowest BCUT2D eigenvalue weighted by molar-refractivity contribution is -0.141. The largest absolute Gasteiger partial charge is 0.331 e. The van der Waals surface area contributed by atoms with E-state index in [1.165, 1.54) is 11.1 Å². The molecular formula is C24H30N4O. The van der Waals surface area contributed by atoms with Gasteiger partial charge in [0.15, 0.2) is 0 Å². The van der Waals surface area contributed by atoms with E-state index in [2.05, 4.69) is 66.2 Å². The van der Waals surface area contributed by atoms with Crippen LogP contribution in [0.5, 0.6) is 0 Å². The summed E-state index contributed by atoms with van der Waals surface area (Å²) in [6, 6.07) is 13.0. The number of piperazine rings is 1. The van der Waals surface area contributed by atoms with Crippen molar-refractivity contribution in [1.29, 1.82) is 0 Å². The number of aryl methyl sites for hydroxylation is 1. The van der Waals surface area contributed by atoms with E-state index in [1.54, 1.807) is 6.20 Å². The molecule has 3 heterocycles. The predicted molar refractivity (Wildman–Crippen MR) is 115 cm³/mol. The van der Waals surface area contributed by atoms with Crippen LogP contribution < -0.4 is 0 Å². The fourth-order valence-corrected chi connectivity index (χ4v) is 4.42. The van der Waals surface area contributed by atoms with Gasteiger partial charge in [0.25, 0.3) is 5.91 Å². The van der Waals surface area contributed by atoms with Crippen molar-refractivity contribution in [2.24, 2.45) is 0 Å². The van der Waals surface area contributed by atoms with Gasteiger partial charge in [-0.2, -0.15) is 0 Å². The molecule has 5 heteroatoms. The monoisotopic (exact) mass is 390 g/mol. The SMILES string of the molecule is CCCCC1CN(Cc2cccnc2)C(=O)C2=CC(c3ccc(C)cc3)N(C)N21. The summed E-state index contributed by atoms with van der Waals surface area (Å²) in [6.07, 6.45) is 9.16. The van der Waals surface area contributed by atoms with Crippen molar-refractivity contribution < 1.29 is 4.79 Å². The maximum atomic E-state index is 13.4. The van der Waals surface area contributed by atoms with Crippen LogP contribution in [0.2, 0.25) is 0 Å². The molecule has 2 aromatic rings. The molecule has 0 saturated carbocycles. The number of hydrogen-bond acceptors (Lipinski definition) is 4. The Labute approximate surface area is 173 Å². The summed E-state index contributed by atoms with van der Waals surface area (Å²) in [6.45, 7) is 5.68. The van der Waals surface area contributed by atoms with Crippen molar-refractivity contribution in [2.45, 2.75) is 51.7 Å². The summed E-state index contributed by atoms with van der Waals surface area (Å²) in [5, 5.41) is 4.50. The highest BCUT2D eigenvalue weighted by Crippen LogP contribution is 2.38. The van der Waals surface area contributed by atoms with E-state index in [9.17, 15) is 4.79 Å². The molecule has 2 unspecified atom stereocenters. The van der Waals surface area contributed by atoms with Crippen LogP contribution in [0.4, 0.5) is 0 Å². The zero-order valence-corrected chi connectivity index (χ0v) is 17.6. The molecule has 2 atom stereocenters. The van der Waals surface area contributed by atoms with Crippen molar-refractivity contribution in [3.05, 3.63) is 77.3 Å². The highest BCUT2D eigenvalue weighted by atomic mass is 16.2. The second-order valence-electron chi connectivity index (χ2n) is 8.17. The van der Waals surface area contributed by atoms with Gasteiger partial charge < -0.3 is 4.90 Å². The van der Waals surface area contributed by atoms with E-state index < -0.39 is 0 Å². The van der Waals surface area contributed by atoms with Crippen LogP contribution in [-0.2, 0) is 11.3 Å². The molecule has 0 radical (unpaired) electrons. The van der Waals surface area contributed by atoms with Gasteiger partial charge in [-0.15, -0.1) is 0 Å². The van der Waals surface area contributed by atoms with Gasteiger partial charge in [-0.3, -0.25) is 14.8 Å². The summed E-state index contributed by atoms with van der Waals surface area (Å²) in [5.74, 6) is 0.114. The molecular weight excluding hydrogens is 360 g/mol. The number of hydrazine groups is 1. The molecule has 5 nitrogen and oxygen atoms in total. The first-order chi connectivity index (χ1) is 14.1. The number of amides is 1. The van der Waals surface area contributed by atoms with E-state index in [0.29, 0.717) is 12.6 Å². The summed E-state index contributed by atoms with van der Waals surface area (Å²) < 4.78 is 0. The molecule has 1 amide bonds. The molecule has 1 aromatic heterocycles. The number of pyridine rings is 1. The van der Waals surface area contributed by atoms with Crippen LogP contribution in [0.1, 0.15) is 48.9 Å². The van der Waals surface area contributed by atoms with Crippen LogP contribution in [0.3, 0.4) is 0 Å². The lowest BCUT2D eigenvalue weighted by atomic mass is 10.0. The topological polar surface area (TPSA) is 39.7 Å². The van der Waals surface area contributed by atoms with Gasteiger partial charge in [0.05, 0.1) is 12.1 Å². The van der Waals surface area contributed by atoms with Crippen molar-refractivity contribution in [3.8, 4) is 0 Å². The Morgan fingerprint density at radius 2 is 1.97 bits per heavy atom. The van der Waals surface area contributed by atoms with Gasteiger partial charge in [-0.25, -0.2) is 5.01 Å². The van der Waals surface area contributed by atoms with E-state index in [-0.39, 0.29) is 11.9 Å². The number of rotatable bonds is 6. The lowest BCUT2D eigenvalue weighted by Gasteiger charge is -2.45. The third kappa shape index (κ3) is 3.92. The maximum Gasteiger partial charge on any atom is 0.271 e. The summed E-state index contributed by atoms with van der Waals surface area (Å²) in [5.41, 5.74) is 4.36. The number of benzene rings is 1. The number of likely N-dealkylation sites (N-methyl/N-ethyl adjacent to an activating group) is 1. The molecule has 2 aliphatic rings. The fraction of sp³-hybridized carbons (Fsp3) is 0.417. The number of hydrogen-bond donors (Lipinski definition) is 0. The zero-order chi connectivity index (χ0) is 20.4. The Hall–Kier alpha value is -2.66. The molecule has 1 aromatic carbocycles. The van der Waals surface area contributed by atoms with Crippen LogP contribution >= 0.6 is 0 Å². The van der Waals surface area contributed by atoms with Crippen molar-refractivity contribution in [1.82, 2.24) is 19.9 Å². The van der Waals surface area contributed by atoms with Crippen molar-refractivity contribution in [3.63, 3.8) is 0 Å². The van der Waals surface area contributed by atoms with Crippen LogP contribution in [0, 0.1) is 6.92 Å². The van der Waals surface area contributed by atoms with Crippen molar-refractivity contribution in [2.75, 3.05) is 13.6 Å². The molecule has 2 aliphatic heterocycles. The third-order valence-electron chi connectivity index (χ3n) is 5.99.